The second kappa shape index (κ2) is 5.66. The summed E-state index contributed by atoms with van der Waals surface area (Å²) in [5, 5.41) is 2.51. The SMILES string of the molecule is CCn1cncc1C(C=O)NC(=O)OC(C)(C)C. The van der Waals surface area contributed by atoms with Gasteiger partial charge in [-0.1, -0.05) is 0 Å². The summed E-state index contributed by atoms with van der Waals surface area (Å²) < 4.78 is 6.89. The van der Waals surface area contributed by atoms with Gasteiger partial charge in [0.25, 0.3) is 0 Å². The number of rotatable bonds is 4. The average Bonchev–Trinajstić information content (AvgIpc) is 2.71. The van der Waals surface area contributed by atoms with Crippen molar-refractivity contribution in [3.8, 4) is 0 Å². The summed E-state index contributed by atoms with van der Waals surface area (Å²) in [4.78, 5) is 26.6. The van der Waals surface area contributed by atoms with E-state index < -0.39 is 17.7 Å². The summed E-state index contributed by atoms with van der Waals surface area (Å²) in [6.07, 6.45) is 3.21. The van der Waals surface area contributed by atoms with Crippen LogP contribution in [-0.2, 0) is 16.1 Å². The van der Waals surface area contributed by atoms with Crippen LogP contribution >= 0.6 is 0 Å². The molecule has 0 fully saturated rings. The fourth-order valence-electron chi connectivity index (χ4n) is 1.47. The summed E-state index contributed by atoms with van der Waals surface area (Å²) in [7, 11) is 0. The lowest BCUT2D eigenvalue weighted by Crippen LogP contribution is -2.36. The molecular weight excluding hydrogens is 234 g/mol. The summed E-state index contributed by atoms with van der Waals surface area (Å²) in [6.45, 7) is 7.90. The number of nitrogens with zero attached hydrogens (tertiary/aromatic N) is 2. The van der Waals surface area contributed by atoms with Gasteiger partial charge in [-0.15, -0.1) is 0 Å². The van der Waals surface area contributed by atoms with Gasteiger partial charge in [0.15, 0.2) is 0 Å². The Morgan fingerprint density at radius 3 is 2.78 bits per heavy atom. The molecule has 1 aromatic rings. The highest BCUT2D eigenvalue weighted by Crippen LogP contribution is 2.12. The van der Waals surface area contributed by atoms with Crippen LogP contribution < -0.4 is 5.32 Å². The predicted molar refractivity (Wildman–Crippen MR) is 66.1 cm³/mol. The van der Waals surface area contributed by atoms with Crippen molar-refractivity contribution in [3.63, 3.8) is 0 Å². The largest absolute Gasteiger partial charge is 0.444 e. The Hall–Kier alpha value is -1.85. The van der Waals surface area contributed by atoms with E-state index in [-0.39, 0.29) is 0 Å². The van der Waals surface area contributed by atoms with Gasteiger partial charge in [-0.25, -0.2) is 9.78 Å². The van der Waals surface area contributed by atoms with Gasteiger partial charge in [-0.2, -0.15) is 0 Å². The van der Waals surface area contributed by atoms with E-state index in [2.05, 4.69) is 10.3 Å². The summed E-state index contributed by atoms with van der Waals surface area (Å²) in [5.41, 5.74) is 0.0426. The monoisotopic (exact) mass is 253 g/mol. The van der Waals surface area contributed by atoms with Crippen molar-refractivity contribution in [2.45, 2.75) is 45.9 Å². The number of hydrogen-bond donors (Lipinski definition) is 1. The molecule has 0 aliphatic heterocycles. The Labute approximate surface area is 106 Å². The van der Waals surface area contributed by atoms with Crippen LogP contribution in [0, 0.1) is 0 Å². The Morgan fingerprint density at radius 1 is 1.61 bits per heavy atom. The number of hydrogen-bond acceptors (Lipinski definition) is 4. The molecule has 0 saturated carbocycles. The average molecular weight is 253 g/mol. The molecule has 1 N–H and O–H groups in total. The minimum atomic E-state index is -0.748. The zero-order valence-electron chi connectivity index (χ0n) is 11.1. The van der Waals surface area contributed by atoms with Crippen molar-refractivity contribution >= 4 is 12.4 Å². The van der Waals surface area contributed by atoms with Crippen LogP contribution in [0.2, 0.25) is 0 Å². The van der Waals surface area contributed by atoms with E-state index in [0.29, 0.717) is 18.5 Å². The van der Waals surface area contributed by atoms with Crippen molar-refractivity contribution in [2.24, 2.45) is 0 Å². The van der Waals surface area contributed by atoms with Gasteiger partial charge < -0.3 is 19.4 Å². The van der Waals surface area contributed by atoms with Crippen LogP contribution in [0.15, 0.2) is 12.5 Å². The van der Waals surface area contributed by atoms with Gasteiger partial charge >= 0.3 is 6.09 Å². The van der Waals surface area contributed by atoms with Crippen LogP contribution in [0.4, 0.5) is 4.79 Å². The van der Waals surface area contributed by atoms with Gasteiger partial charge in [0.1, 0.15) is 17.9 Å². The first-order valence-electron chi connectivity index (χ1n) is 5.82. The van der Waals surface area contributed by atoms with Crippen molar-refractivity contribution in [1.82, 2.24) is 14.9 Å². The molecule has 1 aromatic heterocycles. The molecule has 1 unspecified atom stereocenters. The third-order valence-electron chi connectivity index (χ3n) is 2.21. The fourth-order valence-corrected chi connectivity index (χ4v) is 1.47. The zero-order valence-corrected chi connectivity index (χ0v) is 11.1. The molecule has 0 spiro atoms. The molecule has 0 aliphatic carbocycles. The highest BCUT2D eigenvalue weighted by atomic mass is 16.6. The third kappa shape index (κ3) is 3.87. The highest BCUT2D eigenvalue weighted by Gasteiger charge is 2.21. The summed E-state index contributed by atoms with van der Waals surface area (Å²) in [6, 6.07) is -0.748. The molecule has 1 rings (SSSR count). The van der Waals surface area contributed by atoms with E-state index in [1.54, 1.807) is 37.9 Å². The predicted octanol–water partition coefficient (Wildman–Crippen LogP) is 1.67. The molecule has 1 amide bonds. The van der Waals surface area contributed by atoms with E-state index in [1.807, 2.05) is 6.92 Å². The first-order valence-corrected chi connectivity index (χ1v) is 5.82. The van der Waals surface area contributed by atoms with Crippen molar-refractivity contribution < 1.29 is 14.3 Å². The Kier molecular flexibility index (Phi) is 4.47. The van der Waals surface area contributed by atoms with Crippen LogP contribution in [0.25, 0.3) is 0 Å². The lowest BCUT2D eigenvalue weighted by Gasteiger charge is -2.21. The number of aldehydes is 1. The van der Waals surface area contributed by atoms with E-state index in [9.17, 15) is 9.59 Å². The molecule has 0 aliphatic rings. The molecule has 6 heteroatoms. The topological polar surface area (TPSA) is 73.2 Å². The second-order valence-corrected chi connectivity index (χ2v) is 4.86. The number of carbonyl (C=O) groups is 2. The quantitative estimate of drug-likeness (QED) is 0.828. The van der Waals surface area contributed by atoms with Gasteiger partial charge in [-0.05, 0) is 27.7 Å². The van der Waals surface area contributed by atoms with Crippen LogP contribution in [-0.4, -0.2) is 27.5 Å². The molecule has 1 heterocycles. The van der Waals surface area contributed by atoms with Crippen LogP contribution in [0.5, 0.6) is 0 Å². The van der Waals surface area contributed by atoms with Crippen LogP contribution in [0.3, 0.4) is 0 Å². The molecule has 6 nitrogen and oxygen atoms in total. The smallest absolute Gasteiger partial charge is 0.408 e. The molecule has 0 bridgehead atoms. The van der Waals surface area contributed by atoms with Crippen molar-refractivity contribution in [1.29, 1.82) is 0 Å². The molecule has 0 aromatic carbocycles. The Bertz CT molecular complexity index is 420. The van der Waals surface area contributed by atoms with Gasteiger partial charge in [0, 0.05) is 6.54 Å². The number of ether oxygens (including phenoxy) is 1. The summed E-state index contributed by atoms with van der Waals surface area (Å²) >= 11 is 0. The van der Waals surface area contributed by atoms with Crippen molar-refractivity contribution in [2.75, 3.05) is 0 Å². The maximum atomic E-state index is 11.6. The number of amides is 1. The molecule has 100 valence electrons. The Balaban J connectivity index is 2.74. The number of imidazole rings is 1. The zero-order chi connectivity index (χ0) is 13.8. The minimum absolute atomic E-state index is 0.595. The normalized spacial score (nSPS) is 12.9. The number of carbonyl (C=O) groups excluding carboxylic acids is 2. The van der Waals surface area contributed by atoms with Gasteiger partial charge in [0.05, 0.1) is 18.2 Å². The lowest BCUT2D eigenvalue weighted by atomic mass is 10.2. The maximum Gasteiger partial charge on any atom is 0.408 e. The number of alkyl carbamates (subject to hydrolysis) is 1. The van der Waals surface area contributed by atoms with Gasteiger partial charge in [0.2, 0.25) is 0 Å². The minimum Gasteiger partial charge on any atom is -0.444 e. The second-order valence-electron chi connectivity index (χ2n) is 4.86. The first-order chi connectivity index (χ1) is 8.37. The van der Waals surface area contributed by atoms with E-state index in [4.69, 9.17) is 4.74 Å². The lowest BCUT2D eigenvalue weighted by molar-refractivity contribution is -0.109. The first kappa shape index (κ1) is 14.2. The maximum absolute atomic E-state index is 11.6. The molecule has 0 radical (unpaired) electrons. The third-order valence-corrected chi connectivity index (χ3v) is 2.21. The molecule has 1 atom stereocenters. The van der Waals surface area contributed by atoms with Crippen LogP contribution in [0.1, 0.15) is 39.4 Å². The number of aromatic nitrogens is 2. The molecular formula is C12H19N3O3. The van der Waals surface area contributed by atoms with Gasteiger partial charge in [-0.3, -0.25) is 0 Å². The number of aryl methyl sites for hydroxylation is 1. The van der Waals surface area contributed by atoms with E-state index in [1.165, 1.54) is 0 Å². The summed E-state index contributed by atoms with van der Waals surface area (Å²) in [5.74, 6) is 0. The van der Waals surface area contributed by atoms with E-state index in [0.717, 1.165) is 0 Å². The molecule has 18 heavy (non-hydrogen) atoms. The highest BCUT2D eigenvalue weighted by molar-refractivity contribution is 5.74. The van der Waals surface area contributed by atoms with E-state index >= 15 is 0 Å². The standard InChI is InChI=1S/C12H19N3O3/c1-5-15-8-13-6-10(15)9(7-16)14-11(17)18-12(2,3)4/h6-9H,5H2,1-4H3,(H,14,17). The molecule has 0 saturated heterocycles. The van der Waals surface area contributed by atoms with Crippen molar-refractivity contribution in [3.05, 3.63) is 18.2 Å². The fraction of sp³-hybridized carbons (Fsp3) is 0.583. The number of nitrogens with one attached hydrogen (secondary N) is 1. The Morgan fingerprint density at radius 2 is 2.28 bits per heavy atom.